The Balaban J connectivity index is 1.57. The molecule has 2 heterocycles. The van der Waals surface area contributed by atoms with E-state index in [-0.39, 0.29) is 10.8 Å². The van der Waals surface area contributed by atoms with Crippen LogP contribution in [0.5, 0.6) is 0 Å². The Kier molecular flexibility index (Phi) is 3.67. The Hall–Kier alpha value is -2.56. The van der Waals surface area contributed by atoms with Gasteiger partial charge in [0.2, 0.25) is 15.4 Å². The van der Waals surface area contributed by atoms with Crippen molar-refractivity contribution in [2.45, 2.75) is 15.4 Å². The van der Waals surface area contributed by atoms with Crippen molar-refractivity contribution in [2.24, 2.45) is 15.4 Å². The van der Waals surface area contributed by atoms with Crippen molar-refractivity contribution in [3.8, 4) is 0 Å². The fourth-order valence-electron chi connectivity index (χ4n) is 2.45. The van der Waals surface area contributed by atoms with E-state index in [1.807, 2.05) is 24.3 Å². The van der Waals surface area contributed by atoms with Crippen LogP contribution in [-0.4, -0.2) is 29.2 Å². The van der Waals surface area contributed by atoms with Gasteiger partial charge in [0.1, 0.15) is 0 Å². The maximum atomic E-state index is 12.5. The van der Waals surface area contributed by atoms with E-state index in [2.05, 4.69) is 15.2 Å². The minimum atomic E-state index is -3.75. The van der Waals surface area contributed by atoms with Crippen LogP contribution in [0.1, 0.15) is 4.79 Å². The molecule has 25 heavy (non-hydrogen) atoms. The van der Waals surface area contributed by atoms with Gasteiger partial charge >= 0.3 is 0 Å². The lowest BCUT2D eigenvalue weighted by atomic mass is 10.3. The molecular weight excluding hydrogens is 362 g/mol. The van der Waals surface area contributed by atoms with Crippen LogP contribution in [0.2, 0.25) is 0 Å². The Morgan fingerprint density at radius 2 is 1.84 bits per heavy atom. The number of azo groups is 1. The van der Waals surface area contributed by atoms with Crippen molar-refractivity contribution >= 4 is 44.4 Å². The highest BCUT2D eigenvalue weighted by Gasteiger charge is 2.34. The van der Waals surface area contributed by atoms with Crippen LogP contribution in [0.3, 0.4) is 0 Å². The molecule has 0 fully saturated rings. The average Bonchev–Trinajstić information content (AvgIpc) is 3.09. The SMILES string of the molecule is NS(=O)(=O)c1ccc(N=NC2Sc3nc4ccccc4n3C2=O)cc1. The smallest absolute Gasteiger partial charge is 0.270 e. The molecule has 2 N–H and O–H groups in total. The molecule has 1 aliphatic heterocycles. The zero-order valence-corrected chi connectivity index (χ0v) is 14.2. The summed E-state index contributed by atoms with van der Waals surface area (Å²) in [6, 6.07) is 13.0. The minimum absolute atomic E-state index is 0.00984. The number of carbonyl (C=O) groups is 1. The molecule has 0 bridgehead atoms. The van der Waals surface area contributed by atoms with Gasteiger partial charge in [0.15, 0.2) is 5.16 Å². The third-order valence-electron chi connectivity index (χ3n) is 3.62. The van der Waals surface area contributed by atoms with Gasteiger partial charge in [-0.05, 0) is 48.2 Å². The van der Waals surface area contributed by atoms with Crippen LogP contribution in [0.15, 0.2) is 68.8 Å². The van der Waals surface area contributed by atoms with Gasteiger partial charge in [0.25, 0.3) is 5.91 Å². The third-order valence-corrected chi connectivity index (χ3v) is 5.56. The number of para-hydroxylation sites is 2. The molecule has 1 aromatic heterocycles. The van der Waals surface area contributed by atoms with E-state index in [0.717, 1.165) is 11.0 Å². The molecule has 1 atom stereocenters. The van der Waals surface area contributed by atoms with Crippen LogP contribution in [0.25, 0.3) is 11.0 Å². The summed E-state index contributed by atoms with van der Waals surface area (Å²) >= 11 is 1.22. The van der Waals surface area contributed by atoms with Gasteiger partial charge in [-0.3, -0.25) is 9.36 Å². The molecule has 0 saturated heterocycles. The van der Waals surface area contributed by atoms with Crippen molar-refractivity contribution < 1.29 is 13.2 Å². The first kappa shape index (κ1) is 15.9. The second kappa shape index (κ2) is 5.76. The van der Waals surface area contributed by atoms with Crippen molar-refractivity contribution in [2.75, 3.05) is 0 Å². The van der Waals surface area contributed by atoms with Crippen molar-refractivity contribution in [1.29, 1.82) is 0 Å². The number of hydrogen-bond acceptors (Lipinski definition) is 7. The first-order valence-electron chi connectivity index (χ1n) is 7.15. The summed E-state index contributed by atoms with van der Waals surface area (Å²) in [4.78, 5) is 16.9. The van der Waals surface area contributed by atoms with Gasteiger partial charge in [-0.15, -0.1) is 0 Å². The number of aromatic nitrogens is 2. The van der Waals surface area contributed by atoms with Crippen LogP contribution < -0.4 is 5.14 Å². The van der Waals surface area contributed by atoms with E-state index in [4.69, 9.17) is 5.14 Å². The quantitative estimate of drug-likeness (QED) is 0.707. The predicted octanol–water partition coefficient (Wildman–Crippen LogP) is 2.54. The molecule has 2 aromatic carbocycles. The van der Waals surface area contributed by atoms with Crippen LogP contribution in [0, 0.1) is 0 Å². The maximum absolute atomic E-state index is 12.5. The van der Waals surface area contributed by atoms with E-state index < -0.39 is 15.4 Å². The molecule has 8 nitrogen and oxygen atoms in total. The molecule has 3 aromatic rings. The lowest BCUT2D eigenvalue weighted by Gasteiger charge is -2.01. The fourth-order valence-corrected chi connectivity index (χ4v) is 3.91. The van der Waals surface area contributed by atoms with Crippen LogP contribution in [0.4, 0.5) is 5.69 Å². The standard InChI is InChI=1S/C15H11N5O3S2/c16-25(22,23)10-7-5-9(6-8-10)18-19-13-14(21)20-12-4-2-1-3-11(12)17-15(20)24-13/h1-8,13H,(H2,16,22,23). The molecule has 0 saturated carbocycles. The number of rotatable bonds is 3. The number of primary sulfonamides is 1. The van der Waals surface area contributed by atoms with Crippen LogP contribution >= 0.6 is 11.8 Å². The van der Waals surface area contributed by atoms with E-state index >= 15 is 0 Å². The van der Waals surface area contributed by atoms with Crippen molar-refractivity contribution in [1.82, 2.24) is 9.55 Å². The van der Waals surface area contributed by atoms with E-state index in [1.165, 1.54) is 40.6 Å². The monoisotopic (exact) mass is 373 g/mol. The summed E-state index contributed by atoms with van der Waals surface area (Å²) in [6.07, 6.45) is 0. The number of imidazole rings is 1. The first-order valence-corrected chi connectivity index (χ1v) is 9.58. The summed E-state index contributed by atoms with van der Waals surface area (Å²) in [5, 5.41) is 13.0. The first-order chi connectivity index (χ1) is 11.9. The van der Waals surface area contributed by atoms with E-state index in [9.17, 15) is 13.2 Å². The second-order valence-electron chi connectivity index (χ2n) is 5.28. The molecule has 1 unspecified atom stereocenters. The summed E-state index contributed by atoms with van der Waals surface area (Å²) < 4.78 is 24.0. The van der Waals surface area contributed by atoms with Gasteiger partial charge in [-0.1, -0.05) is 12.1 Å². The summed E-state index contributed by atoms with van der Waals surface area (Å²) in [5.41, 5.74) is 1.92. The fraction of sp³-hybridized carbons (Fsp3) is 0.0667. The average molecular weight is 373 g/mol. The van der Waals surface area contributed by atoms with Gasteiger partial charge in [0.05, 0.1) is 21.6 Å². The Labute approximate surface area is 146 Å². The summed E-state index contributed by atoms with van der Waals surface area (Å²) in [5.74, 6) is -0.210. The zero-order valence-electron chi connectivity index (χ0n) is 12.6. The highest BCUT2D eigenvalue weighted by molar-refractivity contribution is 8.00. The topological polar surface area (TPSA) is 120 Å². The molecule has 4 rings (SSSR count). The number of hydrogen-bond donors (Lipinski definition) is 1. The lowest BCUT2D eigenvalue weighted by Crippen LogP contribution is -2.15. The van der Waals surface area contributed by atoms with Gasteiger partial charge in [-0.2, -0.15) is 10.2 Å². The van der Waals surface area contributed by atoms with Gasteiger partial charge in [-0.25, -0.2) is 18.5 Å². The van der Waals surface area contributed by atoms with E-state index in [1.54, 1.807) is 0 Å². The molecular formula is C15H11N5O3S2. The van der Waals surface area contributed by atoms with Gasteiger partial charge in [0, 0.05) is 0 Å². The number of fused-ring (bicyclic) bond motifs is 3. The molecule has 126 valence electrons. The number of thioether (sulfide) groups is 1. The Morgan fingerprint density at radius 3 is 2.56 bits per heavy atom. The zero-order chi connectivity index (χ0) is 17.6. The number of nitrogens with two attached hydrogens (primary N) is 1. The van der Waals surface area contributed by atoms with Gasteiger partial charge < -0.3 is 0 Å². The highest BCUT2D eigenvalue weighted by Crippen LogP contribution is 2.36. The molecule has 0 aliphatic carbocycles. The summed E-state index contributed by atoms with van der Waals surface area (Å²) in [6.45, 7) is 0. The number of sulfonamides is 1. The molecule has 0 amide bonds. The Morgan fingerprint density at radius 1 is 1.12 bits per heavy atom. The molecule has 0 spiro atoms. The maximum Gasteiger partial charge on any atom is 0.270 e. The van der Waals surface area contributed by atoms with Crippen LogP contribution in [-0.2, 0) is 10.0 Å². The number of nitrogens with zero attached hydrogens (tertiary/aromatic N) is 4. The summed E-state index contributed by atoms with van der Waals surface area (Å²) in [7, 11) is -3.75. The number of carbonyl (C=O) groups excluding carboxylic acids is 1. The molecule has 10 heteroatoms. The second-order valence-corrected chi connectivity index (χ2v) is 7.89. The normalized spacial score (nSPS) is 17.5. The minimum Gasteiger partial charge on any atom is -0.270 e. The third kappa shape index (κ3) is 2.84. The molecule has 1 aliphatic rings. The van der Waals surface area contributed by atoms with E-state index in [0.29, 0.717) is 10.8 Å². The lowest BCUT2D eigenvalue weighted by molar-refractivity contribution is 0.0915. The number of benzene rings is 2. The predicted molar refractivity (Wildman–Crippen MR) is 92.3 cm³/mol. The van der Waals surface area contributed by atoms with Crippen molar-refractivity contribution in [3.05, 3.63) is 48.5 Å². The molecule has 0 radical (unpaired) electrons. The highest BCUT2D eigenvalue weighted by atomic mass is 32.2. The Bertz CT molecular complexity index is 1120. The van der Waals surface area contributed by atoms with Crippen molar-refractivity contribution in [3.63, 3.8) is 0 Å². The largest absolute Gasteiger partial charge is 0.270 e.